The lowest BCUT2D eigenvalue weighted by Crippen LogP contribution is -2.49. The van der Waals surface area contributed by atoms with E-state index >= 15 is 0 Å². The summed E-state index contributed by atoms with van der Waals surface area (Å²) in [7, 11) is 4.47. The first-order valence-electron chi connectivity index (χ1n) is 5.84. The molecule has 0 aliphatic carbocycles. The van der Waals surface area contributed by atoms with Gasteiger partial charge in [-0.05, 0) is 39.4 Å². The van der Waals surface area contributed by atoms with Gasteiger partial charge in [-0.25, -0.2) is 0 Å². The summed E-state index contributed by atoms with van der Waals surface area (Å²) >= 11 is 0. The van der Waals surface area contributed by atoms with Crippen molar-refractivity contribution in [2.45, 2.75) is 18.9 Å². The molecule has 2 atom stereocenters. The number of rotatable bonds is 2. The van der Waals surface area contributed by atoms with Gasteiger partial charge in [0.15, 0.2) is 0 Å². The Balaban J connectivity index is 1.74. The molecule has 0 radical (unpaired) electrons. The van der Waals surface area contributed by atoms with Crippen LogP contribution in [0.5, 0.6) is 0 Å². The highest BCUT2D eigenvalue weighted by Gasteiger charge is 2.24. The number of likely N-dealkylation sites (N-methyl/N-ethyl adjacent to an activating group) is 1. The van der Waals surface area contributed by atoms with Gasteiger partial charge in [0.2, 0.25) is 0 Å². The molecule has 0 bridgehead atoms. The normalized spacial score (nSPS) is 36.4. The maximum Gasteiger partial charge on any atom is 0.0198 e. The highest BCUT2D eigenvalue weighted by Crippen LogP contribution is 2.20. The molecule has 2 fully saturated rings. The van der Waals surface area contributed by atoms with E-state index in [9.17, 15) is 0 Å². The molecule has 0 aromatic heterocycles. The van der Waals surface area contributed by atoms with E-state index in [-0.39, 0.29) is 0 Å². The van der Waals surface area contributed by atoms with Crippen LogP contribution in [-0.4, -0.2) is 62.7 Å². The summed E-state index contributed by atoms with van der Waals surface area (Å²) in [5.74, 6) is 0.934. The zero-order valence-electron chi connectivity index (χ0n) is 9.50. The van der Waals surface area contributed by atoms with Gasteiger partial charge >= 0.3 is 0 Å². The summed E-state index contributed by atoms with van der Waals surface area (Å²) in [6.07, 6.45) is 2.77. The van der Waals surface area contributed by atoms with E-state index in [1.807, 2.05) is 0 Å². The Kier molecular flexibility index (Phi) is 3.42. The third-order valence-corrected chi connectivity index (χ3v) is 3.57. The molecule has 2 heterocycles. The highest BCUT2D eigenvalue weighted by atomic mass is 15.2. The molecule has 2 aliphatic rings. The van der Waals surface area contributed by atoms with Gasteiger partial charge in [0.25, 0.3) is 0 Å². The third-order valence-electron chi connectivity index (χ3n) is 3.57. The molecule has 2 rings (SSSR count). The summed E-state index contributed by atoms with van der Waals surface area (Å²) < 4.78 is 0. The van der Waals surface area contributed by atoms with Gasteiger partial charge in [-0.1, -0.05) is 0 Å². The van der Waals surface area contributed by atoms with Crippen LogP contribution >= 0.6 is 0 Å². The molecule has 2 unspecified atom stereocenters. The molecule has 2 saturated heterocycles. The predicted octanol–water partition coefficient (Wildman–Crippen LogP) is 0.232. The van der Waals surface area contributed by atoms with Crippen LogP contribution in [0.15, 0.2) is 0 Å². The maximum absolute atomic E-state index is 3.63. The molecule has 2 aliphatic heterocycles. The monoisotopic (exact) mass is 197 g/mol. The van der Waals surface area contributed by atoms with Crippen molar-refractivity contribution in [2.75, 3.05) is 46.8 Å². The van der Waals surface area contributed by atoms with Gasteiger partial charge in [0, 0.05) is 32.2 Å². The van der Waals surface area contributed by atoms with E-state index in [1.54, 1.807) is 0 Å². The van der Waals surface area contributed by atoms with Crippen molar-refractivity contribution >= 4 is 0 Å². The number of hydrogen-bond acceptors (Lipinski definition) is 3. The van der Waals surface area contributed by atoms with Gasteiger partial charge in [-0.15, -0.1) is 0 Å². The second-order valence-corrected chi connectivity index (χ2v) is 5.07. The number of nitrogens with zero attached hydrogens (tertiary/aromatic N) is 2. The Labute approximate surface area is 87.4 Å². The zero-order valence-corrected chi connectivity index (χ0v) is 9.50. The molecule has 0 saturated carbocycles. The smallest absolute Gasteiger partial charge is 0.0198 e. The third kappa shape index (κ3) is 2.69. The van der Waals surface area contributed by atoms with Crippen LogP contribution in [0.25, 0.3) is 0 Å². The fraction of sp³-hybridized carbons (Fsp3) is 1.00. The number of hydrogen-bond donors (Lipinski definition) is 1. The molecule has 0 spiro atoms. The first-order valence-corrected chi connectivity index (χ1v) is 5.84. The molecule has 1 N–H and O–H groups in total. The lowest BCUT2D eigenvalue weighted by molar-refractivity contribution is 0.215. The Morgan fingerprint density at radius 2 is 1.93 bits per heavy atom. The van der Waals surface area contributed by atoms with Crippen molar-refractivity contribution in [3.8, 4) is 0 Å². The van der Waals surface area contributed by atoms with Crippen LogP contribution < -0.4 is 5.32 Å². The average molecular weight is 197 g/mol. The minimum Gasteiger partial charge on any atom is -0.311 e. The van der Waals surface area contributed by atoms with Crippen LogP contribution in [0.4, 0.5) is 0 Å². The fourth-order valence-corrected chi connectivity index (χ4v) is 2.77. The molecule has 0 aromatic carbocycles. The second kappa shape index (κ2) is 4.60. The van der Waals surface area contributed by atoms with Crippen molar-refractivity contribution in [3.63, 3.8) is 0 Å². The topological polar surface area (TPSA) is 18.5 Å². The lowest BCUT2D eigenvalue weighted by atomic mass is 9.98. The average Bonchev–Trinajstić information content (AvgIpc) is 2.51. The van der Waals surface area contributed by atoms with Gasteiger partial charge in [-0.3, -0.25) is 0 Å². The Hall–Kier alpha value is -0.120. The van der Waals surface area contributed by atoms with E-state index < -0.39 is 0 Å². The van der Waals surface area contributed by atoms with Crippen molar-refractivity contribution in [1.82, 2.24) is 15.1 Å². The summed E-state index contributed by atoms with van der Waals surface area (Å²) in [6.45, 7) is 6.22. The molecule has 0 aromatic rings. The summed E-state index contributed by atoms with van der Waals surface area (Å²) in [5, 5.41) is 3.63. The predicted molar refractivity (Wildman–Crippen MR) is 59.5 cm³/mol. The largest absolute Gasteiger partial charge is 0.311 e. The Morgan fingerprint density at radius 3 is 2.57 bits per heavy atom. The van der Waals surface area contributed by atoms with Gasteiger partial charge in [0.05, 0.1) is 0 Å². The van der Waals surface area contributed by atoms with Gasteiger partial charge in [0.1, 0.15) is 0 Å². The van der Waals surface area contributed by atoms with E-state index in [1.165, 1.54) is 45.6 Å². The standard InChI is InChI=1S/C11H23N3/c1-13-5-3-10(8-13)7-11-9-14(2)6-4-12-11/h10-12H,3-9H2,1-2H3. The molecular formula is C11H23N3. The first-order chi connectivity index (χ1) is 6.74. The number of piperazine rings is 1. The first kappa shape index (κ1) is 10.4. The summed E-state index contributed by atoms with van der Waals surface area (Å²) in [5.41, 5.74) is 0. The Morgan fingerprint density at radius 1 is 1.14 bits per heavy atom. The SMILES string of the molecule is CN1CCC(CC2CN(C)CCN2)C1. The van der Waals surface area contributed by atoms with Gasteiger partial charge in [-0.2, -0.15) is 0 Å². The maximum atomic E-state index is 3.63. The van der Waals surface area contributed by atoms with Crippen molar-refractivity contribution in [3.05, 3.63) is 0 Å². The lowest BCUT2D eigenvalue weighted by Gasteiger charge is -2.32. The second-order valence-electron chi connectivity index (χ2n) is 5.07. The molecular weight excluding hydrogens is 174 g/mol. The molecule has 3 nitrogen and oxygen atoms in total. The summed E-state index contributed by atoms with van der Waals surface area (Å²) in [4.78, 5) is 4.90. The van der Waals surface area contributed by atoms with E-state index in [2.05, 4.69) is 29.2 Å². The Bertz CT molecular complexity index is 183. The van der Waals surface area contributed by atoms with Crippen LogP contribution in [0, 0.1) is 5.92 Å². The number of nitrogens with one attached hydrogen (secondary N) is 1. The highest BCUT2D eigenvalue weighted by molar-refractivity contribution is 4.82. The van der Waals surface area contributed by atoms with Crippen LogP contribution in [0.1, 0.15) is 12.8 Å². The summed E-state index contributed by atoms with van der Waals surface area (Å²) in [6, 6.07) is 0.741. The minimum atomic E-state index is 0.741. The van der Waals surface area contributed by atoms with Crippen molar-refractivity contribution < 1.29 is 0 Å². The van der Waals surface area contributed by atoms with E-state index in [4.69, 9.17) is 0 Å². The molecule has 82 valence electrons. The van der Waals surface area contributed by atoms with Crippen LogP contribution in [0.3, 0.4) is 0 Å². The minimum absolute atomic E-state index is 0.741. The molecule has 3 heteroatoms. The zero-order chi connectivity index (χ0) is 9.97. The fourth-order valence-electron chi connectivity index (χ4n) is 2.77. The van der Waals surface area contributed by atoms with Crippen LogP contribution in [0.2, 0.25) is 0 Å². The molecule has 0 amide bonds. The number of likely N-dealkylation sites (tertiary alicyclic amines) is 1. The van der Waals surface area contributed by atoms with Crippen LogP contribution in [-0.2, 0) is 0 Å². The van der Waals surface area contributed by atoms with E-state index in [0.717, 1.165) is 12.0 Å². The van der Waals surface area contributed by atoms with Gasteiger partial charge < -0.3 is 15.1 Å². The van der Waals surface area contributed by atoms with Crippen molar-refractivity contribution in [1.29, 1.82) is 0 Å². The van der Waals surface area contributed by atoms with Crippen molar-refractivity contribution in [2.24, 2.45) is 5.92 Å². The molecule has 14 heavy (non-hydrogen) atoms. The van der Waals surface area contributed by atoms with E-state index in [0.29, 0.717) is 0 Å². The quantitative estimate of drug-likeness (QED) is 0.684.